The summed E-state index contributed by atoms with van der Waals surface area (Å²) < 4.78 is 14.8. The molecular weight excluding hydrogens is 515 g/mol. The Morgan fingerprint density at radius 2 is 1.18 bits per heavy atom. The van der Waals surface area contributed by atoms with E-state index >= 15 is 0 Å². The van der Waals surface area contributed by atoms with Crippen LogP contribution in [0.3, 0.4) is 0 Å². The molecule has 5 nitrogen and oxygen atoms in total. The smallest absolute Gasteiger partial charge is 0.272 e. The van der Waals surface area contributed by atoms with Gasteiger partial charge in [-0.1, -0.05) is 78.3 Å². The first-order valence-corrected chi connectivity index (χ1v) is 13.2. The molecule has 1 aliphatic heterocycles. The van der Waals surface area contributed by atoms with Crippen molar-refractivity contribution in [3.63, 3.8) is 0 Å². The summed E-state index contributed by atoms with van der Waals surface area (Å²) in [5.41, 5.74) is 4.58. The molecule has 0 saturated carbocycles. The highest BCUT2D eigenvalue weighted by Crippen LogP contribution is 2.61. The Kier molecular flexibility index (Phi) is 5.42. The van der Waals surface area contributed by atoms with Gasteiger partial charge in [-0.3, -0.25) is 14.4 Å². The highest BCUT2D eigenvalue weighted by molar-refractivity contribution is 6.30. The van der Waals surface area contributed by atoms with Gasteiger partial charge in [0, 0.05) is 28.0 Å². The monoisotopic (exact) mass is 536 g/mol. The number of hydrazine groups is 1. The average Bonchev–Trinajstić information content (AvgIpc) is 3.22. The second-order valence-corrected chi connectivity index (χ2v) is 10.7. The molecule has 2 atom stereocenters. The second-order valence-electron chi connectivity index (χ2n) is 10.2. The van der Waals surface area contributed by atoms with Crippen LogP contribution in [0.5, 0.6) is 0 Å². The number of hydrogen-bond acceptors (Lipinski definition) is 3. The molecule has 4 aliphatic rings. The molecule has 3 aliphatic carbocycles. The largest absolute Gasteiger partial charge is 0.273 e. The fourth-order valence-electron chi connectivity index (χ4n) is 6.66. The molecule has 4 aromatic carbocycles. The lowest BCUT2D eigenvalue weighted by Crippen LogP contribution is -2.50. The Hall–Kier alpha value is -4.29. The zero-order valence-electron chi connectivity index (χ0n) is 20.6. The number of carbonyl (C=O) groups excluding carboxylic acids is 3. The molecule has 0 aromatic heterocycles. The van der Waals surface area contributed by atoms with Gasteiger partial charge in [-0.15, -0.1) is 0 Å². The summed E-state index contributed by atoms with van der Waals surface area (Å²) in [6, 6.07) is 28.1. The number of amides is 3. The Morgan fingerprint density at radius 3 is 1.67 bits per heavy atom. The molecule has 1 fully saturated rings. The first-order chi connectivity index (χ1) is 19.0. The minimum atomic E-state index is -0.659. The van der Waals surface area contributed by atoms with Crippen molar-refractivity contribution < 1.29 is 18.8 Å². The lowest BCUT2D eigenvalue weighted by molar-refractivity contribution is -0.155. The van der Waals surface area contributed by atoms with Crippen molar-refractivity contribution in [1.82, 2.24) is 10.0 Å². The maximum Gasteiger partial charge on any atom is 0.273 e. The lowest BCUT2D eigenvalue weighted by Gasteiger charge is -2.45. The van der Waals surface area contributed by atoms with Crippen LogP contribution in [0, 0.1) is 17.7 Å². The third-order valence-corrected chi connectivity index (χ3v) is 8.52. The van der Waals surface area contributed by atoms with Crippen LogP contribution in [-0.4, -0.2) is 27.7 Å². The van der Waals surface area contributed by atoms with E-state index in [2.05, 4.69) is 0 Å². The maximum absolute atomic E-state index is 14.8. The Bertz CT molecular complexity index is 1550. The molecule has 4 aromatic rings. The number of hydrogen-bond donors (Lipinski definition) is 0. The average molecular weight is 537 g/mol. The SMILES string of the molecule is O=C(c1ccc(Cl)cc1)N(Cc1ccccc1F)N1C(=O)[C@@H]2C3c4ccccc4C(c4ccccc43)[C@H]2C1=O. The van der Waals surface area contributed by atoms with Gasteiger partial charge in [0.25, 0.3) is 17.7 Å². The predicted molar refractivity (Wildman–Crippen MR) is 143 cm³/mol. The number of carbonyl (C=O) groups is 3. The molecule has 39 heavy (non-hydrogen) atoms. The zero-order chi connectivity index (χ0) is 26.8. The van der Waals surface area contributed by atoms with Crippen LogP contribution >= 0.6 is 11.6 Å². The molecular formula is C32H22ClFN2O3. The summed E-state index contributed by atoms with van der Waals surface area (Å²) in [5.74, 6) is -3.93. The number of imide groups is 1. The van der Waals surface area contributed by atoms with E-state index in [0.717, 1.165) is 32.3 Å². The van der Waals surface area contributed by atoms with Gasteiger partial charge in [0.05, 0.1) is 18.4 Å². The molecule has 0 spiro atoms. The van der Waals surface area contributed by atoms with Gasteiger partial charge in [-0.2, -0.15) is 5.01 Å². The van der Waals surface area contributed by atoms with Crippen molar-refractivity contribution >= 4 is 29.3 Å². The van der Waals surface area contributed by atoms with Crippen LogP contribution in [0.15, 0.2) is 97.1 Å². The fraction of sp³-hybridized carbons (Fsp3) is 0.156. The van der Waals surface area contributed by atoms with Crippen LogP contribution in [0.1, 0.15) is 50.0 Å². The van der Waals surface area contributed by atoms with Gasteiger partial charge in [-0.25, -0.2) is 9.40 Å². The van der Waals surface area contributed by atoms with E-state index in [4.69, 9.17) is 11.6 Å². The molecule has 0 unspecified atom stereocenters. The minimum absolute atomic E-state index is 0.199. The predicted octanol–water partition coefficient (Wildman–Crippen LogP) is 5.93. The fourth-order valence-corrected chi connectivity index (χ4v) is 6.79. The van der Waals surface area contributed by atoms with E-state index in [-0.39, 0.29) is 29.5 Å². The summed E-state index contributed by atoms with van der Waals surface area (Å²) in [6.45, 7) is -0.277. The van der Waals surface area contributed by atoms with Crippen LogP contribution in [0.4, 0.5) is 4.39 Å². The van der Waals surface area contributed by atoms with Gasteiger partial charge >= 0.3 is 0 Å². The van der Waals surface area contributed by atoms with Crippen LogP contribution in [0.2, 0.25) is 5.02 Å². The number of benzene rings is 4. The van der Waals surface area contributed by atoms with Gasteiger partial charge in [0.1, 0.15) is 5.82 Å². The molecule has 7 heteroatoms. The quantitative estimate of drug-likeness (QED) is 0.304. The minimum Gasteiger partial charge on any atom is -0.272 e. The molecule has 0 N–H and O–H groups in total. The molecule has 192 valence electrons. The van der Waals surface area contributed by atoms with E-state index in [9.17, 15) is 18.8 Å². The number of rotatable bonds is 4. The summed E-state index contributed by atoms with van der Waals surface area (Å²) in [6.07, 6.45) is 0. The topological polar surface area (TPSA) is 57.7 Å². The highest BCUT2D eigenvalue weighted by atomic mass is 35.5. The summed E-state index contributed by atoms with van der Waals surface area (Å²) >= 11 is 6.04. The Labute approximate surface area is 229 Å². The van der Waals surface area contributed by atoms with Crippen molar-refractivity contribution in [2.24, 2.45) is 11.8 Å². The molecule has 1 saturated heterocycles. The lowest BCUT2D eigenvalue weighted by atomic mass is 9.55. The van der Waals surface area contributed by atoms with Crippen molar-refractivity contribution in [3.05, 3.63) is 141 Å². The molecule has 2 bridgehead atoms. The van der Waals surface area contributed by atoms with E-state index in [0.29, 0.717) is 5.02 Å². The zero-order valence-corrected chi connectivity index (χ0v) is 21.4. The summed E-state index contributed by atoms with van der Waals surface area (Å²) in [5, 5.41) is 2.52. The van der Waals surface area contributed by atoms with E-state index in [1.807, 2.05) is 48.5 Å². The van der Waals surface area contributed by atoms with E-state index in [1.165, 1.54) is 18.2 Å². The van der Waals surface area contributed by atoms with Crippen LogP contribution < -0.4 is 0 Å². The molecule has 0 radical (unpaired) electrons. The molecule has 8 rings (SSSR count). The van der Waals surface area contributed by atoms with Gasteiger partial charge < -0.3 is 0 Å². The normalized spacial score (nSPS) is 22.4. The first-order valence-electron chi connectivity index (χ1n) is 12.8. The van der Waals surface area contributed by atoms with Gasteiger partial charge in [0.15, 0.2) is 0 Å². The van der Waals surface area contributed by atoms with E-state index in [1.54, 1.807) is 30.3 Å². The van der Waals surface area contributed by atoms with Crippen molar-refractivity contribution in [1.29, 1.82) is 0 Å². The maximum atomic E-state index is 14.8. The van der Waals surface area contributed by atoms with E-state index < -0.39 is 35.4 Å². The molecule has 1 heterocycles. The standard InChI is InChI=1S/C32H22ClFN2O3/c33-20-15-13-18(14-16-20)30(37)35(17-19-7-1-6-12-25(19)34)36-31(38)28-26-21-8-2-3-9-22(21)27(29(28)32(36)39)24-11-5-4-10-23(24)26/h1-16,26-29H,17H2/t26?,27?,28-,29-/m1/s1. The second kappa shape index (κ2) is 8.89. The summed E-state index contributed by atoms with van der Waals surface area (Å²) in [7, 11) is 0. The van der Waals surface area contributed by atoms with Crippen LogP contribution in [-0.2, 0) is 16.1 Å². The number of halogens is 2. The van der Waals surface area contributed by atoms with Gasteiger partial charge in [0.2, 0.25) is 0 Å². The van der Waals surface area contributed by atoms with Gasteiger partial charge in [-0.05, 0) is 52.6 Å². The summed E-state index contributed by atoms with van der Waals surface area (Å²) in [4.78, 5) is 42.4. The van der Waals surface area contributed by atoms with Crippen molar-refractivity contribution in [2.75, 3.05) is 0 Å². The third kappa shape index (κ3) is 3.48. The Balaban J connectivity index is 1.36. The number of nitrogens with zero attached hydrogens (tertiary/aromatic N) is 2. The molecule has 3 amide bonds. The van der Waals surface area contributed by atoms with Crippen molar-refractivity contribution in [2.45, 2.75) is 18.4 Å². The van der Waals surface area contributed by atoms with Crippen LogP contribution in [0.25, 0.3) is 0 Å². The first kappa shape index (κ1) is 23.8. The third-order valence-electron chi connectivity index (χ3n) is 8.27. The Morgan fingerprint density at radius 1 is 0.718 bits per heavy atom. The van der Waals surface area contributed by atoms with Crippen molar-refractivity contribution in [3.8, 4) is 0 Å². The highest BCUT2D eigenvalue weighted by Gasteiger charge is 2.63.